The van der Waals surface area contributed by atoms with Gasteiger partial charge in [0.15, 0.2) is 5.60 Å². The van der Waals surface area contributed by atoms with Crippen molar-refractivity contribution >= 4 is 71.1 Å². The van der Waals surface area contributed by atoms with Crippen molar-refractivity contribution in [2.75, 3.05) is 0 Å². The van der Waals surface area contributed by atoms with E-state index in [1.807, 2.05) is 12.1 Å². The number of aromatic hydroxyl groups is 2. The lowest BCUT2D eigenvalue weighted by molar-refractivity contribution is 0.0215. The van der Waals surface area contributed by atoms with E-state index >= 15 is 0 Å². The van der Waals surface area contributed by atoms with Gasteiger partial charge in [0, 0.05) is 91.8 Å². The molecule has 5 nitrogen and oxygen atoms in total. The molecule has 3 aromatic carbocycles. The summed E-state index contributed by atoms with van der Waals surface area (Å²) in [4.78, 5) is 13.8. The van der Waals surface area contributed by atoms with Crippen LogP contribution in [0.3, 0.4) is 0 Å². The zero-order valence-electron chi connectivity index (χ0n) is 14.4. The van der Waals surface area contributed by atoms with Crippen LogP contribution < -0.4 is 4.74 Å². The molecular weight excluding hydrogens is 733 g/mol. The van der Waals surface area contributed by atoms with E-state index in [1.54, 1.807) is 30.3 Å². The van der Waals surface area contributed by atoms with Gasteiger partial charge in [0.05, 0.1) is 11.1 Å². The standard InChI is InChI=1S/C20H11I3O5S/c21-29(22,23)17-9-11(25)8-16-18(17)20(14-6-5-10(24)7-15(14)27-16)13-4-2-1-3-12(13)19(26)28-20/h1-9,24-25H. The molecule has 0 saturated carbocycles. The van der Waals surface area contributed by atoms with E-state index in [1.165, 1.54) is 12.1 Å². The highest BCUT2D eigenvalue weighted by atomic mass is 127. The first-order valence-electron chi connectivity index (χ1n) is 8.35. The molecule has 0 saturated heterocycles. The van der Waals surface area contributed by atoms with Crippen molar-refractivity contribution in [2.24, 2.45) is 0 Å². The first-order valence-corrected chi connectivity index (χ1v) is 17.6. The van der Waals surface area contributed by atoms with E-state index in [9.17, 15) is 15.0 Å². The molecule has 2 heterocycles. The minimum absolute atomic E-state index is 0.0389. The number of rotatable bonds is 1. The molecule has 1 spiro atoms. The molecule has 29 heavy (non-hydrogen) atoms. The maximum Gasteiger partial charge on any atom is 0.340 e. The lowest BCUT2D eigenvalue weighted by Crippen LogP contribution is -2.33. The lowest BCUT2D eigenvalue weighted by atomic mass is 9.77. The molecule has 2 N–H and O–H groups in total. The van der Waals surface area contributed by atoms with Crippen molar-refractivity contribution in [3.63, 3.8) is 0 Å². The lowest BCUT2D eigenvalue weighted by Gasteiger charge is -2.39. The third-order valence-electron chi connectivity index (χ3n) is 4.99. The number of hydrogen-bond acceptors (Lipinski definition) is 5. The fraction of sp³-hybridized carbons (Fsp3) is 0.0500. The van der Waals surface area contributed by atoms with Crippen molar-refractivity contribution in [1.29, 1.82) is 0 Å². The highest BCUT2D eigenvalue weighted by molar-refractivity contribution is 14.5. The van der Waals surface area contributed by atoms with Crippen LogP contribution in [-0.2, 0) is 10.3 Å². The number of esters is 1. The summed E-state index contributed by atoms with van der Waals surface area (Å²) in [5, 5.41) is 20.4. The first kappa shape index (κ1) is 20.0. The van der Waals surface area contributed by atoms with Crippen LogP contribution in [-0.4, -0.2) is 16.2 Å². The zero-order valence-corrected chi connectivity index (χ0v) is 21.6. The average molecular weight is 744 g/mol. The van der Waals surface area contributed by atoms with Crippen molar-refractivity contribution in [1.82, 2.24) is 0 Å². The molecule has 0 bridgehead atoms. The molecule has 0 aliphatic carbocycles. The zero-order chi connectivity index (χ0) is 20.6. The van der Waals surface area contributed by atoms with Gasteiger partial charge in [-0.05, 0) is 25.8 Å². The number of ether oxygens (including phenoxy) is 2. The Bertz CT molecular complexity index is 1210. The van der Waals surface area contributed by atoms with Crippen LogP contribution in [0.15, 0.2) is 59.5 Å². The van der Waals surface area contributed by atoms with Gasteiger partial charge >= 0.3 is 5.97 Å². The van der Waals surface area contributed by atoms with Crippen LogP contribution >= 0.6 is 65.2 Å². The highest BCUT2D eigenvalue weighted by Crippen LogP contribution is 2.79. The first-order chi connectivity index (χ1) is 13.7. The molecule has 0 fully saturated rings. The molecule has 9 heteroatoms. The second-order valence-electron chi connectivity index (χ2n) is 6.62. The fourth-order valence-corrected chi connectivity index (χ4v) is 7.78. The van der Waals surface area contributed by atoms with Crippen LogP contribution in [0.2, 0.25) is 0 Å². The Morgan fingerprint density at radius 3 is 2.34 bits per heavy atom. The Morgan fingerprint density at radius 2 is 1.59 bits per heavy atom. The Balaban J connectivity index is 1.96. The second kappa shape index (κ2) is 6.79. The van der Waals surface area contributed by atoms with Crippen LogP contribution in [0.1, 0.15) is 27.0 Å². The molecule has 2 aliphatic heterocycles. The van der Waals surface area contributed by atoms with Crippen molar-refractivity contribution in [3.8, 4) is 23.0 Å². The summed E-state index contributed by atoms with van der Waals surface area (Å²) in [7, 11) is 0. The smallest absolute Gasteiger partial charge is 0.340 e. The molecule has 0 amide bonds. The molecule has 1 unspecified atom stereocenters. The van der Waals surface area contributed by atoms with Gasteiger partial charge < -0.3 is 19.7 Å². The fourth-order valence-electron chi connectivity index (χ4n) is 3.93. The van der Waals surface area contributed by atoms with Gasteiger partial charge in [-0.15, -0.1) is 0 Å². The number of carbonyl (C=O) groups excluding carboxylic acids is 1. The third kappa shape index (κ3) is 2.94. The molecular formula is C20H11I3O5S. The Labute approximate surface area is 203 Å². The summed E-state index contributed by atoms with van der Waals surface area (Å²) >= 11 is 7.06. The van der Waals surface area contributed by atoms with Crippen LogP contribution in [0.4, 0.5) is 0 Å². The summed E-state index contributed by atoms with van der Waals surface area (Å²) in [6.45, 7) is 0. The van der Waals surface area contributed by atoms with Gasteiger partial charge in [-0.2, -0.15) is 0 Å². The van der Waals surface area contributed by atoms with Crippen molar-refractivity contribution in [2.45, 2.75) is 10.5 Å². The third-order valence-corrected chi connectivity index (χ3v) is 10.1. The normalized spacial score (nSPS) is 19.8. The van der Waals surface area contributed by atoms with Gasteiger partial charge in [0.25, 0.3) is 0 Å². The van der Waals surface area contributed by atoms with E-state index in [2.05, 4.69) is 63.6 Å². The number of phenols is 2. The molecule has 2 aliphatic rings. The number of halogens is 3. The Morgan fingerprint density at radius 1 is 0.862 bits per heavy atom. The number of fused-ring (bicyclic) bond motifs is 6. The summed E-state index contributed by atoms with van der Waals surface area (Å²) < 4.78 is 10.8. The predicted octanol–water partition coefficient (Wildman–Crippen LogP) is 6.88. The topological polar surface area (TPSA) is 76.0 Å². The van der Waals surface area contributed by atoms with E-state index < -0.39 is 13.1 Å². The number of carbonyl (C=O) groups is 1. The molecule has 1 atom stereocenters. The molecule has 5 rings (SSSR count). The van der Waals surface area contributed by atoms with E-state index in [0.29, 0.717) is 28.2 Å². The predicted molar refractivity (Wildman–Crippen MR) is 136 cm³/mol. The minimum Gasteiger partial charge on any atom is -0.508 e. The monoisotopic (exact) mass is 744 g/mol. The largest absolute Gasteiger partial charge is 0.508 e. The number of phenolic OH excluding ortho intramolecular Hbond substituents is 2. The van der Waals surface area contributed by atoms with Crippen molar-refractivity contribution < 1.29 is 24.5 Å². The maximum absolute atomic E-state index is 12.9. The van der Waals surface area contributed by atoms with E-state index in [-0.39, 0.29) is 11.5 Å². The maximum atomic E-state index is 12.9. The van der Waals surface area contributed by atoms with Gasteiger partial charge in [0.1, 0.15) is 23.0 Å². The summed E-state index contributed by atoms with van der Waals surface area (Å²) in [6.07, 6.45) is 0. The van der Waals surface area contributed by atoms with Crippen LogP contribution in [0, 0.1) is 0 Å². The average Bonchev–Trinajstić information content (AvgIpc) is 2.93. The summed E-state index contributed by atoms with van der Waals surface area (Å²) in [5.41, 5.74) is 1.35. The number of hydrogen-bond donors (Lipinski definition) is 2. The summed E-state index contributed by atoms with van der Waals surface area (Å²) in [6, 6.07) is 15.3. The van der Waals surface area contributed by atoms with Crippen LogP contribution in [0.25, 0.3) is 0 Å². The molecule has 148 valence electrons. The minimum atomic E-state index is -1.43. The second-order valence-corrected chi connectivity index (χ2v) is 34.9. The van der Waals surface area contributed by atoms with Crippen LogP contribution in [0.5, 0.6) is 23.0 Å². The van der Waals surface area contributed by atoms with E-state index in [4.69, 9.17) is 9.47 Å². The highest BCUT2D eigenvalue weighted by Gasteiger charge is 2.55. The Kier molecular flexibility index (Phi) is 4.68. The van der Waals surface area contributed by atoms with Gasteiger partial charge in [-0.3, -0.25) is 0 Å². The SMILES string of the molecule is O=C1OC2(c3ccc(O)cc3Oc3cc(O)cc(S(I)(I)I)c32)c2ccccc21. The van der Waals surface area contributed by atoms with Gasteiger partial charge in [-0.1, -0.05) is 18.2 Å². The van der Waals surface area contributed by atoms with Crippen molar-refractivity contribution in [3.05, 3.63) is 76.9 Å². The molecule has 0 radical (unpaired) electrons. The number of benzene rings is 3. The molecule has 0 aromatic heterocycles. The van der Waals surface area contributed by atoms with Gasteiger partial charge in [0.2, 0.25) is 0 Å². The quantitative estimate of drug-likeness (QED) is 0.210. The molecule has 3 aromatic rings. The Hall–Kier alpha value is -0.930. The van der Waals surface area contributed by atoms with Gasteiger partial charge in [-0.25, -0.2) is 4.79 Å². The van der Waals surface area contributed by atoms with E-state index in [0.717, 1.165) is 10.5 Å². The summed E-state index contributed by atoms with van der Waals surface area (Å²) in [5.74, 6) is 0.482.